The zero-order valence-corrected chi connectivity index (χ0v) is 15.8. The summed E-state index contributed by atoms with van der Waals surface area (Å²) in [5.41, 5.74) is 1.36. The van der Waals surface area contributed by atoms with Crippen molar-refractivity contribution in [1.82, 2.24) is 9.55 Å². The highest BCUT2D eigenvalue weighted by molar-refractivity contribution is 9.10. The molecule has 0 N–H and O–H groups in total. The van der Waals surface area contributed by atoms with Crippen LogP contribution in [0.3, 0.4) is 0 Å². The van der Waals surface area contributed by atoms with Crippen LogP contribution in [0.2, 0.25) is 0 Å². The fraction of sp³-hybridized carbons (Fsp3) is 0.316. The lowest BCUT2D eigenvalue weighted by Gasteiger charge is -2.42. The Morgan fingerprint density at radius 1 is 1.19 bits per heavy atom. The zero-order chi connectivity index (χ0) is 18.5. The third kappa shape index (κ3) is 2.70. The minimum absolute atomic E-state index is 0.0544. The molecule has 2 atom stereocenters. The summed E-state index contributed by atoms with van der Waals surface area (Å²) in [6.07, 6.45) is 1.04. The summed E-state index contributed by atoms with van der Waals surface area (Å²) in [7, 11) is 0. The van der Waals surface area contributed by atoms with Gasteiger partial charge in [-0.05, 0) is 46.5 Å². The number of oxazole rings is 1. The van der Waals surface area contributed by atoms with Gasteiger partial charge in [0.25, 0.3) is 11.4 Å². The summed E-state index contributed by atoms with van der Waals surface area (Å²) >= 11 is 3.26. The van der Waals surface area contributed by atoms with Gasteiger partial charge in [0, 0.05) is 37.3 Å². The van der Waals surface area contributed by atoms with Crippen LogP contribution in [-0.2, 0) is 6.54 Å². The number of nitrogens with zero attached hydrogens (tertiary/aromatic N) is 4. The highest BCUT2D eigenvalue weighted by Gasteiger charge is 2.37. The maximum absolute atomic E-state index is 12.2. The van der Waals surface area contributed by atoms with Gasteiger partial charge in [-0.1, -0.05) is 6.07 Å². The molecular formula is C19H15BrN4O3. The topological polar surface area (TPSA) is 88.2 Å². The van der Waals surface area contributed by atoms with E-state index in [1.54, 1.807) is 18.2 Å². The fourth-order valence-electron chi connectivity index (χ4n) is 4.20. The Kier molecular flexibility index (Phi) is 3.72. The predicted molar refractivity (Wildman–Crippen MR) is 100 cm³/mol. The number of pyridine rings is 1. The lowest BCUT2D eigenvalue weighted by molar-refractivity contribution is 0.275. The molecule has 0 unspecified atom stereocenters. The van der Waals surface area contributed by atoms with Gasteiger partial charge in [-0.15, -0.1) is 0 Å². The Labute approximate surface area is 163 Å². The second-order valence-corrected chi connectivity index (χ2v) is 7.77. The molecule has 5 heterocycles. The number of rotatable bonds is 2. The monoisotopic (exact) mass is 426 g/mol. The second-order valence-electron chi connectivity index (χ2n) is 6.99. The average molecular weight is 427 g/mol. The van der Waals surface area contributed by atoms with E-state index in [2.05, 4.69) is 31.9 Å². The van der Waals surface area contributed by atoms with Crippen LogP contribution in [0, 0.1) is 17.2 Å². The SMILES string of the molecule is N#Cc1nc(-c2ccc(Br)o2)oc1N1C[C@H]2C[C@H](C1)c1cccc(=O)n1C2. The smallest absolute Gasteiger partial charge is 0.266 e. The number of nitriles is 1. The van der Waals surface area contributed by atoms with E-state index in [0.29, 0.717) is 41.2 Å². The van der Waals surface area contributed by atoms with Crippen molar-refractivity contribution >= 4 is 21.8 Å². The minimum atomic E-state index is 0.0544. The molecule has 1 saturated heterocycles. The first-order valence-corrected chi connectivity index (χ1v) is 9.53. The number of piperidine rings is 1. The number of furan rings is 1. The summed E-state index contributed by atoms with van der Waals surface area (Å²) in [6, 6.07) is 11.1. The molecule has 3 aromatic rings. The van der Waals surface area contributed by atoms with Crippen molar-refractivity contribution in [3.63, 3.8) is 0 Å². The Balaban J connectivity index is 1.51. The van der Waals surface area contributed by atoms with Crippen LogP contribution in [0.25, 0.3) is 11.7 Å². The third-order valence-electron chi connectivity index (χ3n) is 5.27. The van der Waals surface area contributed by atoms with Crippen molar-refractivity contribution in [2.24, 2.45) is 5.92 Å². The van der Waals surface area contributed by atoms with Crippen LogP contribution in [0.5, 0.6) is 0 Å². The molecule has 27 heavy (non-hydrogen) atoms. The molecule has 0 aliphatic carbocycles. The number of anilines is 1. The van der Waals surface area contributed by atoms with E-state index in [1.807, 2.05) is 16.7 Å². The van der Waals surface area contributed by atoms with E-state index in [9.17, 15) is 10.1 Å². The molecule has 0 saturated carbocycles. The van der Waals surface area contributed by atoms with Crippen LogP contribution in [0.15, 0.2) is 48.6 Å². The molecule has 0 spiro atoms. The molecule has 5 rings (SSSR count). The van der Waals surface area contributed by atoms with Crippen molar-refractivity contribution < 1.29 is 8.83 Å². The van der Waals surface area contributed by atoms with Gasteiger partial charge in [0.1, 0.15) is 6.07 Å². The normalized spacial score (nSPS) is 21.0. The minimum Gasteiger partial charge on any atom is -0.444 e. The molecule has 0 radical (unpaired) electrons. The third-order valence-corrected chi connectivity index (χ3v) is 5.69. The van der Waals surface area contributed by atoms with Crippen molar-refractivity contribution in [3.8, 4) is 17.7 Å². The Bertz CT molecular complexity index is 1120. The standard InChI is InChI=1S/C19H15BrN4O3/c20-16-5-4-15(26-16)18-22-13(7-21)19(27-18)23-8-11-6-12(10-23)14-2-1-3-17(25)24(14)9-11/h1-5,11-12H,6,8-10H2/t11-,12-/m1/s1. The van der Waals surface area contributed by atoms with Crippen LogP contribution in [-0.4, -0.2) is 22.6 Å². The first kappa shape index (κ1) is 16.4. The molecule has 2 bridgehead atoms. The highest BCUT2D eigenvalue weighted by Crippen LogP contribution is 2.39. The van der Waals surface area contributed by atoms with Gasteiger partial charge in [-0.3, -0.25) is 4.79 Å². The van der Waals surface area contributed by atoms with E-state index in [4.69, 9.17) is 8.83 Å². The molecular weight excluding hydrogens is 412 g/mol. The summed E-state index contributed by atoms with van der Waals surface area (Å²) in [5.74, 6) is 1.79. The number of fused-ring (bicyclic) bond motifs is 4. The molecule has 0 amide bonds. The van der Waals surface area contributed by atoms with Crippen LogP contribution in [0.4, 0.5) is 5.88 Å². The number of aromatic nitrogens is 2. The Morgan fingerprint density at radius 3 is 2.85 bits per heavy atom. The molecule has 7 nitrogen and oxygen atoms in total. The van der Waals surface area contributed by atoms with Gasteiger partial charge in [-0.25, -0.2) is 0 Å². The summed E-state index contributed by atoms with van der Waals surface area (Å²) < 4.78 is 13.9. The maximum atomic E-state index is 12.2. The van der Waals surface area contributed by atoms with E-state index in [1.165, 1.54) is 0 Å². The Hall–Kier alpha value is -2.79. The number of halogens is 1. The van der Waals surface area contributed by atoms with E-state index in [0.717, 1.165) is 18.7 Å². The molecule has 3 aromatic heterocycles. The zero-order valence-electron chi connectivity index (χ0n) is 14.3. The van der Waals surface area contributed by atoms with Crippen molar-refractivity contribution in [3.05, 3.63) is 56.7 Å². The summed E-state index contributed by atoms with van der Waals surface area (Å²) in [4.78, 5) is 18.5. The number of hydrogen-bond donors (Lipinski definition) is 0. The van der Waals surface area contributed by atoms with Crippen LogP contribution < -0.4 is 10.5 Å². The average Bonchev–Trinajstić information content (AvgIpc) is 3.28. The first-order valence-electron chi connectivity index (χ1n) is 8.73. The fourth-order valence-corrected chi connectivity index (χ4v) is 4.50. The molecule has 2 aliphatic rings. The van der Waals surface area contributed by atoms with Gasteiger partial charge >= 0.3 is 0 Å². The summed E-state index contributed by atoms with van der Waals surface area (Å²) in [5, 5.41) is 9.53. The van der Waals surface area contributed by atoms with Crippen molar-refractivity contribution in [2.45, 2.75) is 18.9 Å². The van der Waals surface area contributed by atoms with E-state index in [-0.39, 0.29) is 17.2 Å². The van der Waals surface area contributed by atoms with Gasteiger partial charge in [0.15, 0.2) is 10.4 Å². The highest BCUT2D eigenvalue weighted by atomic mass is 79.9. The van der Waals surface area contributed by atoms with Gasteiger partial charge in [0.2, 0.25) is 11.6 Å². The quantitative estimate of drug-likeness (QED) is 0.624. The van der Waals surface area contributed by atoms with Crippen molar-refractivity contribution in [2.75, 3.05) is 18.0 Å². The summed E-state index contributed by atoms with van der Waals surface area (Å²) in [6.45, 7) is 2.10. The van der Waals surface area contributed by atoms with Gasteiger partial charge in [0.05, 0.1) is 0 Å². The molecule has 8 heteroatoms. The lowest BCUT2D eigenvalue weighted by Crippen LogP contribution is -2.47. The predicted octanol–water partition coefficient (Wildman–Crippen LogP) is 3.35. The molecule has 0 aromatic carbocycles. The Morgan fingerprint density at radius 2 is 2.07 bits per heavy atom. The molecule has 2 aliphatic heterocycles. The molecule has 136 valence electrons. The van der Waals surface area contributed by atoms with E-state index >= 15 is 0 Å². The molecule has 1 fully saturated rings. The van der Waals surface area contributed by atoms with Gasteiger partial charge < -0.3 is 18.3 Å². The number of hydrogen-bond acceptors (Lipinski definition) is 6. The van der Waals surface area contributed by atoms with Crippen molar-refractivity contribution in [1.29, 1.82) is 5.26 Å². The van der Waals surface area contributed by atoms with Crippen LogP contribution >= 0.6 is 15.9 Å². The largest absolute Gasteiger partial charge is 0.444 e. The maximum Gasteiger partial charge on any atom is 0.266 e. The first-order chi connectivity index (χ1) is 13.1. The van der Waals surface area contributed by atoms with Crippen LogP contribution in [0.1, 0.15) is 23.7 Å². The second kappa shape index (κ2) is 6.13. The van der Waals surface area contributed by atoms with E-state index < -0.39 is 0 Å². The lowest BCUT2D eigenvalue weighted by atomic mass is 9.83. The van der Waals surface area contributed by atoms with Gasteiger partial charge in [-0.2, -0.15) is 10.2 Å².